The molecule has 18 heavy (non-hydrogen) atoms. The number of rotatable bonds is 5. The van der Waals surface area contributed by atoms with Crippen LogP contribution in [0.25, 0.3) is 0 Å². The van der Waals surface area contributed by atoms with E-state index in [9.17, 15) is 5.11 Å². The maximum atomic E-state index is 10.1. The summed E-state index contributed by atoms with van der Waals surface area (Å²) in [6, 6.07) is 0. The zero-order valence-electron chi connectivity index (χ0n) is 10.9. The fourth-order valence-corrected chi connectivity index (χ4v) is 2.92. The molecule has 1 fully saturated rings. The van der Waals surface area contributed by atoms with E-state index in [4.69, 9.17) is 4.74 Å². The molecule has 0 aromatic carbocycles. The van der Waals surface area contributed by atoms with Gasteiger partial charge in [-0.3, -0.25) is 4.68 Å². The first kappa shape index (κ1) is 14.0. The van der Waals surface area contributed by atoms with Crippen molar-refractivity contribution in [2.45, 2.75) is 31.9 Å². The van der Waals surface area contributed by atoms with Gasteiger partial charge in [-0.1, -0.05) is 6.92 Å². The molecule has 1 aromatic rings. The van der Waals surface area contributed by atoms with Crippen LogP contribution in [0.15, 0.2) is 4.47 Å². The van der Waals surface area contributed by atoms with E-state index in [1.54, 1.807) is 0 Å². The van der Waals surface area contributed by atoms with Crippen molar-refractivity contribution in [1.82, 2.24) is 15.1 Å². The number of aromatic nitrogens is 2. The molecule has 0 aliphatic carbocycles. The van der Waals surface area contributed by atoms with Crippen LogP contribution >= 0.6 is 15.9 Å². The van der Waals surface area contributed by atoms with Gasteiger partial charge in [-0.05, 0) is 22.4 Å². The van der Waals surface area contributed by atoms with Crippen molar-refractivity contribution < 1.29 is 9.84 Å². The van der Waals surface area contributed by atoms with Crippen LogP contribution in [0.5, 0.6) is 0 Å². The van der Waals surface area contributed by atoms with Crippen LogP contribution in [0.3, 0.4) is 0 Å². The Labute approximate surface area is 116 Å². The molecule has 102 valence electrons. The van der Waals surface area contributed by atoms with E-state index in [2.05, 4.69) is 33.3 Å². The zero-order chi connectivity index (χ0) is 13.2. The highest BCUT2D eigenvalue weighted by Gasteiger charge is 2.31. The second kappa shape index (κ2) is 5.69. The van der Waals surface area contributed by atoms with E-state index in [0.29, 0.717) is 32.7 Å². The van der Waals surface area contributed by atoms with Crippen molar-refractivity contribution >= 4 is 15.9 Å². The molecule has 1 aromatic heterocycles. The Morgan fingerprint density at radius 2 is 2.39 bits per heavy atom. The number of aryl methyl sites for hydroxylation is 2. The summed E-state index contributed by atoms with van der Waals surface area (Å²) < 4.78 is 8.16. The average Bonchev–Trinajstić information content (AvgIpc) is 2.87. The minimum absolute atomic E-state index is 0.423. The van der Waals surface area contributed by atoms with E-state index in [-0.39, 0.29) is 0 Å². The Bertz CT molecular complexity index is 414. The van der Waals surface area contributed by atoms with Crippen molar-refractivity contribution in [1.29, 1.82) is 0 Å². The summed E-state index contributed by atoms with van der Waals surface area (Å²) in [5, 5.41) is 17.9. The number of nitrogens with zero attached hydrogens (tertiary/aromatic N) is 2. The van der Waals surface area contributed by atoms with Crippen molar-refractivity contribution in [3.05, 3.63) is 15.9 Å². The monoisotopic (exact) mass is 317 g/mol. The molecule has 2 rings (SSSR count). The minimum atomic E-state index is -0.710. The van der Waals surface area contributed by atoms with Gasteiger partial charge in [0.15, 0.2) is 0 Å². The van der Waals surface area contributed by atoms with Crippen molar-refractivity contribution in [2.75, 3.05) is 19.8 Å². The molecule has 0 spiro atoms. The highest BCUT2D eigenvalue weighted by Crippen LogP contribution is 2.22. The van der Waals surface area contributed by atoms with Gasteiger partial charge < -0.3 is 15.2 Å². The Morgan fingerprint density at radius 1 is 1.61 bits per heavy atom. The summed E-state index contributed by atoms with van der Waals surface area (Å²) in [5.74, 6) is 0. The molecular weight excluding hydrogens is 298 g/mol. The van der Waals surface area contributed by atoms with Gasteiger partial charge in [0.1, 0.15) is 5.60 Å². The Morgan fingerprint density at radius 3 is 2.94 bits per heavy atom. The van der Waals surface area contributed by atoms with Gasteiger partial charge in [-0.25, -0.2) is 0 Å². The van der Waals surface area contributed by atoms with Crippen LogP contribution in [-0.2, 0) is 24.8 Å². The van der Waals surface area contributed by atoms with Crippen LogP contribution in [0, 0.1) is 0 Å². The van der Waals surface area contributed by atoms with Crippen LogP contribution in [0.4, 0.5) is 0 Å². The molecule has 2 N–H and O–H groups in total. The van der Waals surface area contributed by atoms with Gasteiger partial charge in [0.2, 0.25) is 0 Å². The van der Waals surface area contributed by atoms with Crippen LogP contribution in [-0.4, -0.2) is 40.2 Å². The number of halogens is 1. The first-order valence-electron chi connectivity index (χ1n) is 6.27. The van der Waals surface area contributed by atoms with E-state index >= 15 is 0 Å². The first-order valence-corrected chi connectivity index (χ1v) is 7.06. The number of hydrogen-bond donors (Lipinski definition) is 2. The standard InChI is InChI=1S/C12H20BrN3O2/c1-3-9-11(13)10(16(2)15-9)6-14-7-12(17)4-5-18-8-12/h14,17H,3-8H2,1-2H3. The lowest BCUT2D eigenvalue weighted by molar-refractivity contribution is 0.0267. The lowest BCUT2D eigenvalue weighted by Crippen LogP contribution is -2.41. The molecule has 0 amide bonds. The zero-order valence-corrected chi connectivity index (χ0v) is 12.5. The van der Waals surface area contributed by atoms with E-state index in [0.717, 1.165) is 22.3 Å². The lowest BCUT2D eigenvalue weighted by atomic mass is 10.0. The molecular formula is C12H20BrN3O2. The molecule has 0 bridgehead atoms. The summed E-state index contributed by atoms with van der Waals surface area (Å²) in [7, 11) is 1.94. The molecule has 1 aliphatic heterocycles. The second-order valence-corrected chi connectivity index (χ2v) is 5.61. The third kappa shape index (κ3) is 2.93. The predicted molar refractivity (Wildman–Crippen MR) is 72.4 cm³/mol. The Hall–Kier alpha value is -0.430. The molecule has 0 radical (unpaired) electrons. The maximum absolute atomic E-state index is 10.1. The van der Waals surface area contributed by atoms with Crippen LogP contribution < -0.4 is 5.32 Å². The smallest absolute Gasteiger partial charge is 0.103 e. The molecule has 2 heterocycles. The fraction of sp³-hybridized carbons (Fsp3) is 0.750. The molecule has 1 atom stereocenters. The lowest BCUT2D eigenvalue weighted by Gasteiger charge is -2.20. The molecule has 6 heteroatoms. The summed E-state index contributed by atoms with van der Waals surface area (Å²) in [6.45, 7) is 4.39. The summed E-state index contributed by atoms with van der Waals surface area (Å²) >= 11 is 3.58. The summed E-state index contributed by atoms with van der Waals surface area (Å²) in [6.07, 6.45) is 1.61. The van der Waals surface area contributed by atoms with Gasteiger partial charge in [-0.15, -0.1) is 0 Å². The molecule has 1 saturated heterocycles. The molecule has 0 saturated carbocycles. The van der Waals surface area contributed by atoms with Gasteiger partial charge in [0.25, 0.3) is 0 Å². The topological polar surface area (TPSA) is 59.3 Å². The third-order valence-corrected chi connectivity index (χ3v) is 4.25. The SMILES string of the molecule is CCc1nn(C)c(CNCC2(O)CCOC2)c1Br. The normalized spacial score (nSPS) is 23.8. The van der Waals surface area contributed by atoms with E-state index < -0.39 is 5.60 Å². The highest BCUT2D eigenvalue weighted by atomic mass is 79.9. The largest absolute Gasteiger partial charge is 0.386 e. The van der Waals surface area contributed by atoms with Crippen molar-refractivity contribution in [2.24, 2.45) is 7.05 Å². The minimum Gasteiger partial charge on any atom is -0.386 e. The fourth-order valence-electron chi connectivity index (χ4n) is 2.16. The van der Waals surface area contributed by atoms with Crippen molar-refractivity contribution in [3.63, 3.8) is 0 Å². The maximum Gasteiger partial charge on any atom is 0.103 e. The van der Waals surface area contributed by atoms with E-state index in [1.165, 1.54) is 0 Å². The van der Waals surface area contributed by atoms with Gasteiger partial charge in [0.05, 0.1) is 22.5 Å². The van der Waals surface area contributed by atoms with Gasteiger partial charge in [-0.2, -0.15) is 5.10 Å². The molecule has 5 nitrogen and oxygen atoms in total. The van der Waals surface area contributed by atoms with E-state index in [1.807, 2.05) is 11.7 Å². The third-order valence-electron chi connectivity index (χ3n) is 3.33. The first-order chi connectivity index (χ1) is 8.56. The van der Waals surface area contributed by atoms with Crippen molar-refractivity contribution in [3.8, 4) is 0 Å². The highest BCUT2D eigenvalue weighted by molar-refractivity contribution is 9.10. The van der Waals surface area contributed by atoms with Gasteiger partial charge >= 0.3 is 0 Å². The average molecular weight is 318 g/mol. The summed E-state index contributed by atoms with van der Waals surface area (Å²) in [4.78, 5) is 0. The van der Waals surface area contributed by atoms with Crippen LogP contribution in [0.1, 0.15) is 24.7 Å². The van der Waals surface area contributed by atoms with Gasteiger partial charge in [0, 0.05) is 33.2 Å². The summed E-state index contributed by atoms with van der Waals surface area (Å²) in [5.41, 5.74) is 1.46. The Kier molecular flexibility index (Phi) is 4.42. The number of hydrogen-bond acceptors (Lipinski definition) is 4. The molecule has 1 aliphatic rings. The number of nitrogens with one attached hydrogen (secondary N) is 1. The molecule has 1 unspecified atom stereocenters. The Balaban J connectivity index is 1.92. The number of aliphatic hydroxyl groups is 1. The predicted octanol–water partition coefficient (Wildman–Crippen LogP) is 0.986. The van der Waals surface area contributed by atoms with Crippen LogP contribution in [0.2, 0.25) is 0 Å². The number of ether oxygens (including phenoxy) is 1. The second-order valence-electron chi connectivity index (χ2n) is 4.82. The quantitative estimate of drug-likeness (QED) is 0.850.